The zero-order valence-corrected chi connectivity index (χ0v) is 21.2. The van der Waals surface area contributed by atoms with Crippen LogP contribution in [0, 0.1) is 5.92 Å². The number of aryl methyl sites for hydroxylation is 1. The molecule has 1 aliphatic rings. The van der Waals surface area contributed by atoms with Crippen molar-refractivity contribution in [2.75, 3.05) is 19.6 Å². The van der Waals surface area contributed by atoms with Gasteiger partial charge in [-0.25, -0.2) is 0 Å². The predicted octanol–water partition coefficient (Wildman–Crippen LogP) is 6.60. The Labute approximate surface area is 197 Å². The van der Waals surface area contributed by atoms with Crippen molar-refractivity contribution in [3.63, 3.8) is 0 Å². The van der Waals surface area contributed by atoms with Crippen LogP contribution in [-0.2, 0) is 19.4 Å². The highest BCUT2D eigenvalue weighted by molar-refractivity contribution is 5.96. The molecule has 32 heavy (non-hydrogen) atoms. The van der Waals surface area contributed by atoms with Gasteiger partial charge in [0.2, 0.25) is 0 Å². The quantitative estimate of drug-likeness (QED) is 0.324. The third kappa shape index (κ3) is 10.1. The number of ketones is 1. The maximum atomic E-state index is 12.7. The van der Waals surface area contributed by atoms with Gasteiger partial charge in [-0.2, -0.15) is 0 Å². The number of nitrogens with one attached hydrogen (secondary N) is 2. The number of hydrogen-bond donors (Lipinski definition) is 2. The van der Waals surface area contributed by atoms with Gasteiger partial charge in [0, 0.05) is 18.5 Å². The van der Waals surface area contributed by atoms with Gasteiger partial charge >= 0.3 is 0 Å². The van der Waals surface area contributed by atoms with Gasteiger partial charge in [0.25, 0.3) is 0 Å². The van der Waals surface area contributed by atoms with Crippen molar-refractivity contribution in [2.24, 2.45) is 5.92 Å². The van der Waals surface area contributed by atoms with E-state index in [1.54, 1.807) is 0 Å². The van der Waals surface area contributed by atoms with Crippen molar-refractivity contribution < 1.29 is 4.79 Å². The van der Waals surface area contributed by atoms with Crippen LogP contribution in [0.5, 0.6) is 0 Å². The van der Waals surface area contributed by atoms with Crippen molar-refractivity contribution >= 4 is 5.78 Å². The molecular formula is C29H46N2O. The molecule has 0 saturated carbocycles. The van der Waals surface area contributed by atoms with Crippen LogP contribution in [0.25, 0.3) is 0 Å². The molecule has 3 heteroatoms. The Morgan fingerprint density at radius 1 is 0.969 bits per heavy atom. The monoisotopic (exact) mass is 438 g/mol. The number of rotatable bonds is 10. The molecule has 178 valence electrons. The first-order chi connectivity index (χ1) is 15.8. The summed E-state index contributed by atoms with van der Waals surface area (Å²) in [5, 5.41) is 6.92. The van der Waals surface area contributed by atoms with E-state index in [0.29, 0.717) is 18.1 Å². The van der Waals surface area contributed by atoms with Crippen molar-refractivity contribution in [1.29, 1.82) is 0 Å². The summed E-state index contributed by atoms with van der Waals surface area (Å²) in [5.74, 6) is 1.02. The second-order valence-electron chi connectivity index (χ2n) is 7.90. The summed E-state index contributed by atoms with van der Waals surface area (Å²) in [4.78, 5) is 12.7. The summed E-state index contributed by atoms with van der Waals surface area (Å²) in [6.45, 7) is 14.2. The summed E-state index contributed by atoms with van der Waals surface area (Å²) in [5.41, 5.74) is 4.88. The molecule has 0 aliphatic carbocycles. The fourth-order valence-corrected chi connectivity index (χ4v) is 4.07. The lowest BCUT2D eigenvalue weighted by atomic mass is 9.90. The molecule has 1 aliphatic heterocycles. The van der Waals surface area contributed by atoms with Gasteiger partial charge in [-0.05, 0) is 80.4 Å². The van der Waals surface area contributed by atoms with Crippen LogP contribution in [0.1, 0.15) is 87.4 Å². The molecule has 1 heterocycles. The van der Waals surface area contributed by atoms with Crippen LogP contribution in [-0.4, -0.2) is 25.4 Å². The van der Waals surface area contributed by atoms with Crippen LogP contribution in [0.4, 0.5) is 0 Å². The van der Waals surface area contributed by atoms with Gasteiger partial charge in [-0.15, -0.1) is 0 Å². The minimum absolute atomic E-state index is 0.307. The fraction of sp³-hybridized carbons (Fsp3) is 0.552. The van der Waals surface area contributed by atoms with Crippen LogP contribution < -0.4 is 10.6 Å². The highest BCUT2D eigenvalue weighted by atomic mass is 16.1. The van der Waals surface area contributed by atoms with Gasteiger partial charge in [-0.1, -0.05) is 77.1 Å². The molecule has 1 fully saturated rings. The zero-order valence-electron chi connectivity index (χ0n) is 21.2. The first-order valence-electron chi connectivity index (χ1n) is 12.9. The zero-order chi connectivity index (χ0) is 23.6. The van der Waals surface area contributed by atoms with E-state index in [4.69, 9.17) is 0 Å². The molecule has 2 N–H and O–H groups in total. The Morgan fingerprint density at radius 3 is 2.31 bits per heavy atom. The lowest BCUT2D eigenvalue weighted by Crippen LogP contribution is -2.28. The average molecular weight is 439 g/mol. The Hall–Kier alpha value is -1.97. The maximum absolute atomic E-state index is 12.7. The molecule has 0 aromatic heterocycles. The van der Waals surface area contributed by atoms with E-state index in [2.05, 4.69) is 54.0 Å². The number of piperidine rings is 1. The van der Waals surface area contributed by atoms with E-state index in [0.717, 1.165) is 51.0 Å². The Bertz CT molecular complexity index is 736. The van der Waals surface area contributed by atoms with E-state index in [9.17, 15) is 4.79 Å². The first kappa shape index (κ1) is 28.1. The van der Waals surface area contributed by atoms with Crippen molar-refractivity contribution in [3.05, 3.63) is 70.8 Å². The van der Waals surface area contributed by atoms with Crippen LogP contribution in [0.15, 0.2) is 48.5 Å². The summed E-state index contributed by atoms with van der Waals surface area (Å²) in [6.07, 6.45) is 6.12. The number of hydrogen-bond acceptors (Lipinski definition) is 3. The molecule has 2 aromatic rings. The van der Waals surface area contributed by atoms with E-state index in [1.807, 2.05) is 39.8 Å². The molecular weight excluding hydrogens is 392 g/mol. The molecule has 0 spiro atoms. The smallest absolute Gasteiger partial charge is 0.162 e. The molecule has 3 rings (SSSR count). The summed E-state index contributed by atoms with van der Waals surface area (Å²) in [7, 11) is 0. The topological polar surface area (TPSA) is 41.1 Å². The van der Waals surface area contributed by atoms with Crippen LogP contribution in [0.2, 0.25) is 0 Å². The number of benzene rings is 2. The lowest BCUT2D eigenvalue weighted by molar-refractivity contribution is 0.0970. The molecule has 0 unspecified atom stereocenters. The third-order valence-electron chi connectivity index (χ3n) is 5.89. The van der Waals surface area contributed by atoms with E-state index in [-0.39, 0.29) is 0 Å². The van der Waals surface area contributed by atoms with E-state index < -0.39 is 0 Å². The highest BCUT2D eigenvalue weighted by Crippen LogP contribution is 2.21. The summed E-state index contributed by atoms with van der Waals surface area (Å²) >= 11 is 0. The molecule has 2 aromatic carbocycles. The normalized spacial score (nSPS) is 13.4. The second kappa shape index (κ2) is 17.6. The fourth-order valence-electron chi connectivity index (χ4n) is 4.07. The minimum atomic E-state index is 0.307. The largest absolute Gasteiger partial charge is 0.317 e. The van der Waals surface area contributed by atoms with E-state index in [1.165, 1.54) is 29.5 Å². The molecule has 0 bridgehead atoms. The van der Waals surface area contributed by atoms with Gasteiger partial charge in [0.05, 0.1) is 0 Å². The van der Waals surface area contributed by atoms with Crippen molar-refractivity contribution in [1.82, 2.24) is 10.6 Å². The Balaban J connectivity index is 0.00000121. The van der Waals surface area contributed by atoms with Crippen LogP contribution >= 0.6 is 0 Å². The third-order valence-corrected chi connectivity index (χ3v) is 5.89. The van der Waals surface area contributed by atoms with Gasteiger partial charge in [0.1, 0.15) is 0 Å². The standard InChI is InChI=1S/C25H34N2O.2C2H6/c1-2-22-18-24(25(28)11-8-20-12-15-26-16-13-20)10-9-23(22)14-17-27-19-21-6-4-3-5-7-21;2*1-2/h3-7,9-10,18,20,26-27H,2,8,11-17,19H2,1H3;2*1-2H3. The lowest BCUT2D eigenvalue weighted by Gasteiger charge is -2.22. The SMILES string of the molecule is CC.CC.CCc1cc(C(=O)CCC2CCNCC2)ccc1CCNCc1ccccc1. The predicted molar refractivity (Wildman–Crippen MR) is 140 cm³/mol. The minimum Gasteiger partial charge on any atom is -0.317 e. The average Bonchev–Trinajstić information content (AvgIpc) is 2.89. The molecule has 0 atom stereocenters. The molecule has 0 amide bonds. The molecule has 0 radical (unpaired) electrons. The first-order valence-corrected chi connectivity index (χ1v) is 12.9. The number of carbonyl (C=O) groups is 1. The molecule has 1 saturated heterocycles. The summed E-state index contributed by atoms with van der Waals surface area (Å²) in [6, 6.07) is 16.8. The van der Waals surface area contributed by atoms with Gasteiger partial charge in [0.15, 0.2) is 5.78 Å². The van der Waals surface area contributed by atoms with Crippen molar-refractivity contribution in [3.8, 4) is 0 Å². The molecule has 3 nitrogen and oxygen atoms in total. The Kier molecular flexibility index (Phi) is 15.4. The Morgan fingerprint density at radius 2 is 1.66 bits per heavy atom. The maximum Gasteiger partial charge on any atom is 0.162 e. The number of Topliss-reactive ketones (excluding diaryl/α,β-unsaturated/α-hetero) is 1. The van der Waals surface area contributed by atoms with Gasteiger partial charge < -0.3 is 10.6 Å². The van der Waals surface area contributed by atoms with Crippen LogP contribution in [0.3, 0.4) is 0 Å². The van der Waals surface area contributed by atoms with E-state index >= 15 is 0 Å². The van der Waals surface area contributed by atoms with Crippen molar-refractivity contribution in [2.45, 2.75) is 79.7 Å². The van der Waals surface area contributed by atoms with Gasteiger partial charge in [-0.3, -0.25) is 4.79 Å². The highest BCUT2D eigenvalue weighted by Gasteiger charge is 2.16. The number of carbonyl (C=O) groups excluding carboxylic acids is 1. The second-order valence-corrected chi connectivity index (χ2v) is 7.90. The summed E-state index contributed by atoms with van der Waals surface area (Å²) < 4.78 is 0.